The quantitative estimate of drug-likeness (QED) is 0.322. The van der Waals surface area contributed by atoms with Gasteiger partial charge in [-0.05, 0) is 68.5 Å². The number of carbonyl (C=O) groups is 4. The lowest BCUT2D eigenvalue weighted by Gasteiger charge is -2.33. The number of nitrogens with one attached hydrogen (secondary N) is 4. The number of ether oxygens (including phenoxy) is 1. The van der Waals surface area contributed by atoms with Crippen molar-refractivity contribution in [3.05, 3.63) is 59.2 Å². The molecule has 0 radical (unpaired) electrons. The number of hydrogen-bond donors (Lipinski definition) is 4. The highest BCUT2D eigenvalue weighted by molar-refractivity contribution is 7.98. The zero-order valence-corrected chi connectivity index (χ0v) is 22.8. The first kappa shape index (κ1) is 30.8. The SMILES string of the molecule is CCOC(=O)Nc1ccc(C(F)(F)F)cc1C(=O)NCC(=O)NC1CCCCC1NC(=O)c1ccc(SC)cc1. The summed E-state index contributed by atoms with van der Waals surface area (Å²) < 4.78 is 44.5. The summed E-state index contributed by atoms with van der Waals surface area (Å²) in [6.45, 7) is 1.03. The maximum atomic E-state index is 13.3. The molecule has 3 rings (SSSR count). The number of alkyl halides is 3. The van der Waals surface area contributed by atoms with Gasteiger partial charge < -0.3 is 20.7 Å². The van der Waals surface area contributed by atoms with Crippen LogP contribution in [0.4, 0.5) is 23.7 Å². The molecule has 0 saturated heterocycles. The molecule has 0 bridgehead atoms. The average Bonchev–Trinajstić information content (AvgIpc) is 2.92. The van der Waals surface area contributed by atoms with Crippen LogP contribution in [0.2, 0.25) is 0 Å². The van der Waals surface area contributed by atoms with E-state index in [9.17, 15) is 32.3 Å². The number of hydrogen-bond acceptors (Lipinski definition) is 6. The van der Waals surface area contributed by atoms with E-state index in [1.54, 1.807) is 30.8 Å². The van der Waals surface area contributed by atoms with Crippen LogP contribution >= 0.6 is 11.8 Å². The Morgan fingerprint density at radius 3 is 2.20 bits per heavy atom. The molecule has 1 aliphatic carbocycles. The van der Waals surface area contributed by atoms with Gasteiger partial charge in [0.15, 0.2) is 0 Å². The third kappa shape index (κ3) is 8.63. The highest BCUT2D eigenvalue weighted by Crippen LogP contribution is 2.32. The summed E-state index contributed by atoms with van der Waals surface area (Å²) in [6, 6.07) is 8.69. The van der Waals surface area contributed by atoms with E-state index in [4.69, 9.17) is 4.74 Å². The molecule has 4 N–H and O–H groups in total. The molecule has 0 aliphatic heterocycles. The minimum absolute atomic E-state index is 0.0150. The highest BCUT2D eigenvalue weighted by Gasteiger charge is 2.32. The van der Waals surface area contributed by atoms with Crippen molar-refractivity contribution in [1.82, 2.24) is 16.0 Å². The Morgan fingerprint density at radius 2 is 1.60 bits per heavy atom. The molecule has 2 unspecified atom stereocenters. The summed E-state index contributed by atoms with van der Waals surface area (Å²) in [5.74, 6) is -1.83. The number of anilines is 1. The Balaban J connectivity index is 1.63. The minimum atomic E-state index is -4.73. The minimum Gasteiger partial charge on any atom is -0.450 e. The first-order chi connectivity index (χ1) is 19.0. The molecule has 1 aliphatic rings. The molecule has 216 valence electrons. The van der Waals surface area contributed by atoms with Crippen molar-refractivity contribution < 1.29 is 37.1 Å². The zero-order chi connectivity index (χ0) is 29.3. The van der Waals surface area contributed by atoms with Crippen molar-refractivity contribution >= 4 is 41.3 Å². The fourth-order valence-electron chi connectivity index (χ4n) is 4.28. The van der Waals surface area contributed by atoms with Crippen LogP contribution in [0.5, 0.6) is 0 Å². The summed E-state index contributed by atoms with van der Waals surface area (Å²) in [5, 5.41) is 10.3. The van der Waals surface area contributed by atoms with Gasteiger partial charge in [0.25, 0.3) is 11.8 Å². The molecule has 40 heavy (non-hydrogen) atoms. The predicted octanol–water partition coefficient (Wildman–Crippen LogP) is 4.58. The summed E-state index contributed by atoms with van der Waals surface area (Å²) in [7, 11) is 0. The lowest BCUT2D eigenvalue weighted by molar-refractivity contribution is -0.137. The molecule has 0 aromatic heterocycles. The Labute approximate surface area is 234 Å². The van der Waals surface area contributed by atoms with Gasteiger partial charge in [0.2, 0.25) is 5.91 Å². The van der Waals surface area contributed by atoms with Crippen molar-refractivity contribution in [2.24, 2.45) is 0 Å². The van der Waals surface area contributed by atoms with E-state index in [-0.39, 0.29) is 30.3 Å². The van der Waals surface area contributed by atoms with Crippen LogP contribution in [0.15, 0.2) is 47.4 Å². The van der Waals surface area contributed by atoms with Crippen molar-refractivity contribution in [2.45, 2.75) is 55.8 Å². The fourth-order valence-corrected chi connectivity index (χ4v) is 4.69. The molecular formula is C27H31F3N4O5S. The average molecular weight is 581 g/mol. The van der Waals surface area contributed by atoms with Gasteiger partial charge in [-0.3, -0.25) is 19.7 Å². The van der Waals surface area contributed by atoms with Crippen molar-refractivity contribution in [1.29, 1.82) is 0 Å². The first-order valence-corrected chi connectivity index (χ1v) is 13.9. The summed E-state index contributed by atoms with van der Waals surface area (Å²) >= 11 is 1.56. The van der Waals surface area contributed by atoms with E-state index >= 15 is 0 Å². The Kier molecular flexibility index (Phi) is 10.8. The Bertz CT molecular complexity index is 1220. The third-order valence-corrected chi connectivity index (χ3v) is 7.04. The van der Waals surface area contributed by atoms with Crippen LogP contribution in [-0.4, -0.2) is 55.3 Å². The molecule has 1 fully saturated rings. The second kappa shape index (κ2) is 14.1. The van der Waals surface area contributed by atoms with Gasteiger partial charge in [0, 0.05) is 22.5 Å². The van der Waals surface area contributed by atoms with Crippen molar-refractivity contribution in [3.8, 4) is 0 Å². The Morgan fingerprint density at radius 1 is 0.950 bits per heavy atom. The maximum absolute atomic E-state index is 13.3. The molecule has 2 atom stereocenters. The summed E-state index contributed by atoms with van der Waals surface area (Å²) in [4.78, 5) is 51.0. The number of carbonyl (C=O) groups excluding carboxylic acids is 4. The monoisotopic (exact) mass is 580 g/mol. The topological polar surface area (TPSA) is 126 Å². The van der Waals surface area contributed by atoms with Crippen LogP contribution < -0.4 is 21.3 Å². The standard InChI is InChI=1S/C27H31F3N4O5S/c1-3-39-26(38)34-20-13-10-17(27(28,29)30)14-19(20)25(37)31-15-23(35)32-21-6-4-5-7-22(21)33-24(36)16-8-11-18(40-2)12-9-16/h8-14,21-22H,3-7,15H2,1-2H3,(H,31,37)(H,32,35)(H,33,36)(H,34,38). The first-order valence-electron chi connectivity index (χ1n) is 12.7. The van der Waals surface area contributed by atoms with Gasteiger partial charge in [0.1, 0.15) is 0 Å². The molecule has 9 nitrogen and oxygen atoms in total. The van der Waals surface area contributed by atoms with Crippen LogP contribution in [0.3, 0.4) is 0 Å². The Hall–Kier alpha value is -3.74. The van der Waals surface area contributed by atoms with E-state index in [0.29, 0.717) is 24.5 Å². The summed E-state index contributed by atoms with van der Waals surface area (Å²) in [6.07, 6.45) is -0.779. The van der Waals surface area contributed by atoms with E-state index in [0.717, 1.165) is 29.9 Å². The van der Waals surface area contributed by atoms with Gasteiger partial charge in [-0.25, -0.2) is 4.79 Å². The molecule has 0 heterocycles. The van der Waals surface area contributed by atoms with Crippen LogP contribution in [0.1, 0.15) is 58.9 Å². The van der Waals surface area contributed by atoms with E-state index in [1.807, 2.05) is 18.4 Å². The van der Waals surface area contributed by atoms with Crippen LogP contribution in [0, 0.1) is 0 Å². The second-order valence-electron chi connectivity index (χ2n) is 9.05. The van der Waals surface area contributed by atoms with Crippen molar-refractivity contribution in [3.63, 3.8) is 0 Å². The second-order valence-corrected chi connectivity index (χ2v) is 9.93. The van der Waals surface area contributed by atoms with Gasteiger partial charge in [-0.1, -0.05) is 12.8 Å². The van der Waals surface area contributed by atoms with Crippen molar-refractivity contribution in [2.75, 3.05) is 24.7 Å². The zero-order valence-electron chi connectivity index (χ0n) is 22.0. The van der Waals surface area contributed by atoms with Crippen LogP contribution in [0.25, 0.3) is 0 Å². The van der Waals surface area contributed by atoms with Gasteiger partial charge in [0.05, 0.1) is 30.0 Å². The predicted molar refractivity (Wildman–Crippen MR) is 144 cm³/mol. The smallest absolute Gasteiger partial charge is 0.416 e. The molecule has 13 heteroatoms. The normalized spacial score (nSPS) is 16.9. The van der Waals surface area contributed by atoms with Gasteiger partial charge in [-0.2, -0.15) is 13.2 Å². The fraction of sp³-hybridized carbons (Fsp3) is 0.407. The number of rotatable bonds is 9. The van der Waals surface area contributed by atoms with E-state index < -0.39 is 41.8 Å². The largest absolute Gasteiger partial charge is 0.450 e. The molecule has 4 amide bonds. The van der Waals surface area contributed by atoms with Crippen LogP contribution in [-0.2, 0) is 15.7 Å². The van der Waals surface area contributed by atoms with E-state index in [2.05, 4.69) is 21.3 Å². The maximum Gasteiger partial charge on any atom is 0.416 e. The van der Waals surface area contributed by atoms with E-state index in [1.165, 1.54) is 0 Å². The third-order valence-electron chi connectivity index (χ3n) is 6.29. The number of thioether (sulfide) groups is 1. The molecule has 2 aromatic carbocycles. The summed E-state index contributed by atoms with van der Waals surface area (Å²) in [5.41, 5.74) is -1.29. The number of benzene rings is 2. The number of amides is 4. The highest BCUT2D eigenvalue weighted by atomic mass is 32.2. The van der Waals surface area contributed by atoms with Gasteiger partial charge >= 0.3 is 12.3 Å². The molecule has 1 saturated carbocycles. The number of halogens is 3. The molecule has 2 aromatic rings. The lowest BCUT2D eigenvalue weighted by Crippen LogP contribution is -2.54. The van der Waals surface area contributed by atoms with Gasteiger partial charge in [-0.15, -0.1) is 11.8 Å². The lowest BCUT2D eigenvalue weighted by atomic mass is 9.90. The molecular weight excluding hydrogens is 549 g/mol. The molecule has 0 spiro atoms.